The van der Waals surface area contributed by atoms with Crippen LogP contribution in [0.4, 0.5) is 13.2 Å². The van der Waals surface area contributed by atoms with Crippen LogP contribution in [0.3, 0.4) is 0 Å². The molecule has 0 aliphatic carbocycles. The van der Waals surface area contributed by atoms with Crippen LogP contribution in [0, 0.1) is 0 Å². The summed E-state index contributed by atoms with van der Waals surface area (Å²) in [6.45, 7) is 0. The highest BCUT2D eigenvalue weighted by molar-refractivity contribution is 7.46. The maximum Gasteiger partial charge on any atom is 0.524 e. The molecule has 0 unspecified atom stereocenters. The molecule has 0 aliphatic rings. The molecular weight excluding hydrogens is 236 g/mol. The van der Waals surface area contributed by atoms with Gasteiger partial charge in [-0.1, -0.05) is 0 Å². The minimum absolute atomic E-state index is 0.323. The van der Waals surface area contributed by atoms with Crippen LogP contribution in [0.25, 0.3) is 0 Å². The van der Waals surface area contributed by atoms with Gasteiger partial charge < -0.3 is 4.52 Å². The molecule has 0 amide bonds. The summed E-state index contributed by atoms with van der Waals surface area (Å²) in [4.78, 5) is 16.7. The van der Waals surface area contributed by atoms with Gasteiger partial charge in [0.05, 0.1) is 5.56 Å². The molecule has 0 spiro atoms. The zero-order valence-electron chi connectivity index (χ0n) is 7.10. The summed E-state index contributed by atoms with van der Waals surface area (Å²) in [6, 6.07) is 3.01. The van der Waals surface area contributed by atoms with E-state index >= 15 is 0 Å². The zero-order chi connectivity index (χ0) is 11.7. The predicted octanol–water partition coefficient (Wildman–Crippen LogP) is 2.18. The van der Waals surface area contributed by atoms with Crippen molar-refractivity contribution in [3.05, 3.63) is 29.8 Å². The molecule has 0 aromatic heterocycles. The van der Waals surface area contributed by atoms with Gasteiger partial charge in [-0.05, 0) is 24.3 Å². The number of benzene rings is 1. The van der Waals surface area contributed by atoms with Crippen molar-refractivity contribution in [1.29, 1.82) is 0 Å². The molecule has 0 atom stereocenters. The Morgan fingerprint density at radius 1 is 1.13 bits per heavy atom. The van der Waals surface area contributed by atoms with Crippen molar-refractivity contribution in [2.75, 3.05) is 0 Å². The van der Waals surface area contributed by atoms with Gasteiger partial charge in [-0.15, -0.1) is 0 Å². The molecule has 0 aliphatic heterocycles. The second kappa shape index (κ2) is 3.84. The van der Waals surface area contributed by atoms with Crippen molar-refractivity contribution < 1.29 is 32.0 Å². The van der Waals surface area contributed by atoms with Crippen molar-refractivity contribution in [2.24, 2.45) is 0 Å². The fourth-order valence-corrected chi connectivity index (χ4v) is 1.24. The third-order valence-electron chi connectivity index (χ3n) is 1.41. The van der Waals surface area contributed by atoms with Gasteiger partial charge >= 0.3 is 14.0 Å². The lowest BCUT2D eigenvalue weighted by Crippen LogP contribution is -2.04. The normalized spacial score (nSPS) is 12.6. The first kappa shape index (κ1) is 12.0. The number of rotatable bonds is 2. The van der Waals surface area contributed by atoms with Gasteiger partial charge in [-0.25, -0.2) is 4.57 Å². The molecule has 0 radical (unpaired) electrons. The lowest BCUT2D eigenvalue weighted by Gasteiger charge is -2.09. The van der Waals surface area contributed by atoms with Crippen molar-refractivity contribution in [3.8, 4) is 5.75 Å². The quantitative estimate of drug-likeness (QED) is 0.780. The molecule has 2 N–H and O–H groups in total. The molecule has 4 nitrogen and oxygen atoms in total. The van der Waals surface area contributed by atoms with Gasteiger partial charge in [0.25, 0.3) is 0 Å². The van der Waals surface area contributed by atoms with E-state index in [4.69, 9.17) is 9.79 Å². The van der Waals surface area contributed by atoms with E-state index in [1.165, 1.54) is 0 Å². The average molecular weight is 242 g/mol. The molecule has 15 heavy (non-hydrogen) atoms. The summed E-state index contributed by atoms with van der Waals surface area (Å²) < 4.78 is 50.6. The number of phosphoric acid groups is 1. The molecule has 1 rings (SSSR count). The topological polar surface area (TPSA) is 66.8 Å². The Hall–Kier alpha value is -1.04. The minimum Gasteiger partial charge on any atom is -0.404 e. The molecule has 1 aromatic carbocycles. The first-order valence-electron chi connectivity index (χ1n) is 3.61. The predicted molar refractivity (Wildman–Crippen MR) is 44.1 cm³/mol. The van der Waals surface area contributed by atoms with E-state index in [0.717, 1.165) is 12.1 Å². The largest absolute Gasteiger partial charge is 0.524 e. The van der Waals surface area contributed by atoms with Crippen LogP contribution in [0.15, 0.2) is 24.3 Å². The van der Waals surface area contributed by atoms with E-state index in [9.17, 15) is 17.7 Å². The van der Waals surface area contributed by atoms with Crippen molar-refractivity contribution >= 4 is 7.82 Å². The number of hydrogen-bond donors (Lipinski definition) is 2. The van der Waals surface area contributed by atoms with E-state index in [0.29, 0.717) is 12.1 Å². The van der Waals surface area contributed by atoms with Crippen LogP contribution in [0.5, 0.6) is 5.75 Å². The minimum atomic E-state index is -4.72. The third-order valence-corrected chi connectivity index (χ3v) is 1.85. The monoisotopic (exact) mass is 242 g/mol. The fourth-order valence-electron chi connectivity index (χ4n) is 0.842. The van der Waals surface area contributed by atoms with Gasteiger partial charge in [-0.2, -0.15) is 13.2 Å². The van der Waals surface area contributed by atoms with E-state index in [2.05, 4.69) is 4.52 Å². The van der Waals surface area contributed by atoms with E-state index < -0.39 is 19.6 Å². The Labute approximate surface area is 82.5 Å². The average Bonchev–Trinajstić information content (AvgIpc) is 2.00. The maximum atomic E-state index is 12.1. The lowest BCUT2D eigenvalue weighted by molar-refractivity contribution is -0.137. The third kappa shape index (κ3) is 3.91. The van der Waals surface area contributed by atoms with Crippen LogP contribution < -0.4 is 4.52 Å². The Bertz CT molecular complexity index is 380. The van der Waals surface area contributed by atoms with Gasteiger partial charge in [0.2, 0.25) is 0 Å². The van der Waals surface area contributed by atoms with Crippen LogP contribution in [0.1, 0.15) is 5.56 Å². The first-order chi connectivity index (χ1) is 6.68. The van der Waals surface area contributed by atoms with Crippen LogP contribution in [-0.2, 0) is 10.7 Å². The standard InChI is InChI=1S/C7H6F3O4P/c8-7(9,10)5-1-3-6(4-2-5)14-15(11,12)13/h1-4H,(H2,11,12,13). The van der Waals surface area contributed by atoms with Crippen LogP contribution in [0.2, 0.25) is 0 Å². The summed E-state index contributed by atoms with van der Waals surface area (Å²) in [5.41, 5.74) is -0.916. The van der Waals surface area contributed by atoms with Crippen LogP contribution >= 0.6 is 7.82 Å². The SMILES string of the molecule is O=P(O)(O)Oc1ccc(C(F)(F)F)cc1. The summed E-state index contributed by atoms with van der Waals surface area (Å²) in [5.74, 6) is -0.323. The molecule has 0 heterocycles. The Kier molecular flexibility index (Phi) is 3.08. The first-order valence-corrected chi connectivity index (χ1v) is 5.14. The van der Waals surface area contributed by atoms with Crippen LogP contribution in [-0.4, -0.2) is 9.79 Å². The van der Waals surface area contributed by atoms with Crippen molar-refractivity contribution in [2.45, 2.75) is 6.18 Å². The summed E-state index contributed by atoms with van der Waals surface area (Å²) in [6.07, 6.45) is -4.49. The highest BCUT2D eigenvalue weighted by Gasteiger charge is 2.30. The fraction of sp³-hybridized carbons (Fsp3) is 0.143. The molecule has 8 heteroatoms. The lowest BCUT2D eigenvalue weighted by atomic mass is 10.2. The van der Waals surface area contributed by atoms with E-state index in [1.807, 2.05) is 0 Å². The second-order valence-corrected chi connectivity index (χ2v) is 3.77. The second-order valence-electron chi connectivity index (χ2n) is 2.60. The smallest absolute Gasteiger partial charge is 0.404 e. The maximum absolute atomic E-state index is 12.1. The van der Waals surface area contributed by atoms with Gasteiger partial charge in [0.1, 0.15) is 5.75 Å². The van der Waals surface area contributed by atoms with E-state index in [1.54, 1.807) is 0 Å². The number of phosphoric ester groups is 1. The zero-order valence-corrected chi connectivity index (χ0v) is 8.00. The summed E-state index contributed by atoms with van der Waals surface area (Å²) in [7, 11) is -4.72. The highest BCUT2D eigenvalue weighted by atomic mass is 31.2. The molecule has 1 aromatic rings. The number of halogens is 3. The molecule has 0 saturated carbocycles. The summed E-state index contributed by atoms with van der Waals surface area (Å²) in [5, 5.41) is 0. The van der Waals surface area contributed by atoms with Gasteiger partial charge in [-0.3, -0.25) is 9.79 Å². The van der Waals surface area contributed by atoms with E-state index in [-0.39, 0.29) is 5.75 Å². The molecule has 0 saturated heterocycles. The van der Waals surface area contributed by atoms with Gasteiger partial charge in [0.15, 0.2) is 0 Å². The molecule has 84 valence electrons. The summed E-state index contributed by atoms with van der Waals surface area (Å²) >= 11 is 0. The highest BCUT2D eigenvalue weighted by Crippen LogP contribution is 2.38. The molecule has 0 bridgehead atoms. The number of alkyl halides is 3. The molecular formula is C7H6F3O4P. The van der Waals surface area contributed by atoms with Gasteiger partial charge in [0, 0.05) is 0 Å². The van der Waals surface area contributed by atoms with Crippen molar-refractivity contribution in [3.63, 3.8) is 0 Å². The Morgan fingerprint density at radius 3 is 1.93 bits per heavy atom. The molecule has 0 fully saturated rings. The Balaban J connectivity index is 2.87. The Morgan fingerprint density at radius 2 is 1.60 bits per heavy atom. The number of hydrogen-bond acceptors (Lipinski definition) is 2. The van der Waals surface area contributed by atoms with Crippen molar-refractivity contribution in [1.82, 2.24) is 0 Å².